The minimum Gasteiger partial charge on any atom is -0.379 e. The van der Waals surface area contributed by atoms with E-state index in [4.69, 9.17) is 4.18 Å². The van der Waals surface area contributed by atoms with Gasteiger partial charge in [0, 0.05) is 34.2 Å². The molecule has 0 bridgehead atoms. The lowest BCUT2D eigenvalue weighted by atomic mass is 10.0. The van der Waals surface area contributed by atoms with Crippen molar-refractivity contribution in [3.63, 3.8) is 0 Å². The molecule has 0 saturated carbocycles. The van der Waals surface area contributed by atoms with E-state index in [1.165, 1.54) is 31.2 Å². The van der Waals surface area contributed by atoms with E-state index in [0.29, 0.717) is 16.8 Å². The summed E-state index contributed by atoms with van der Waals surface area (Å²) in [4.78, 5) is 25.8. The number of nitrogens with one attached hydrogen (secondary N) is 2. The molecule has 7 nitrogen and oxygen atoms in total. The summed E-state index contributed by atoms with van der Waals surface area (Å²) in [7, 11) is -4.09. The molecule has 1 amide bonds. The molecule has 0 radical (unpaired) electrons. The molecule has 1 aliphatic carbocycles. The van der Waals surface area contributed by atoms with Crippen LogP contribution in [-0.2, 0) is 14.9 Å². The van der Waals surface area contributed by atoms with Crippen LogP contribution < -0.4 is 14.8 Å². The maximum atomic E-state index is 13.6. The number of para-hydroxylation sites is 1. The van der Waals surface area contributed by atoms with E-state index in [1.807, 2.05) is 48.5 Å². The van der Waals surface area contributed by atoms with Crippen LogP contribution >= 0.6 is 11.8 Å². The zero-order chi connectivity index (χ0) is 27.1. The second kappa shape index (κ2) is 9.76. The number of hydrogen-bond donors (Lipinski definition) is 2. The molecule has 4 aromatic rings. The molecule has 2 aliphatic rings. The number of Topliss-reactive ketones (excluding diaryl/α,β-unsaturated/α-hetero) is 1. The Bertz CT molecular complexity index is 1760. The predicted molar refractivity (Wildman–Crippen MR) is 151 cm³/mol. The molecule has 39 heavy (non-hydrogen) atoms. The van der Waals surface area contributed by atoms with E-state index in [9.17, 15) is 18.0 Å². The second-order valence-corrected chi connectivity index (χ2v) is 11.8. The van der Waals surface area contributed by atoms with Gasteiger partial charge in [0.25, 0.3) is 0 Å². The molecule has 0 aromatic heterocycles. The number of rotatable bonds is 5. The van der Waals surface area contributed by atoms with Gasteiger partial charge in [0.1, 0.15) is 10.6 Å². The van der Waals surface area contributed by atoms with Gasteiger partial charge in [0.15, 0.2) is 5.78 Å². The van der Waals surface area contributed by atoms with Crippen molar-refractivity contribution in [2.24, 2.45) is 0 Å². The summed E-state index contributed by atoms with van der Waals surface area (Å²) < 4.78 is 31.1. The van der Waals surface area contributed by atoms with Crippen molar-refractivity contribution < 1.29 is 22.2 Å². The van der Waals surface area contributed by atoms with Crippen molar-refractivity contribution in [1.29, 1.82) is 0 Å². The van der Waals surface area contributed by atoms with Gasteiger partial charge in [0.2, 0.25) is 5.91 Å². The van der Waals surface area contributed by atoms with Crippen molar-refractivity contribution >= 4 is 50.6 Å². The highest BCUT2D eigenvalue weighted by Gasteiger charge is 2.38. The van der Waals surface area contributed by atoms with Crippen LogP contribution in [0.5, 0.6) is 5.75 Å². The maximum Gasteiger partial charge on any atom is 0.339 e. The molecule has 0 unspecified atom stereocenters. The Kier molecular flexibility index (Phi) is 6.25. The van der Waals surface area contributed by atoms with E-state index in [-0.39, 0.29) is 27.6 Å². The smallest absolute Gasteiger partial charge is 0.339 e. The summed E-state index contributed by atoms with van der Waals surface area (Å²) in [5.74, 6) is -0.125. The summed E-state index contributed by atoms with van der Waals surface area (Å²) in [5.41, 5.74) is 5.25. The molecular formula is C30H22N2O5S2. The SMILES string of the molecule is CC(=O)Nc1ccc(S(=O)(=O)Oc2ccc([C@@H]3Sc4ccccc4NC4=C3C(=O)c3ccccc34)cc2)cc1. The molecule has 9 heteroatoms. The van der Waals surface area contributed by atoms with Crippen molar-refractivity contribution in [2.45, 2.75) is 22.0 Å². The van der Waals surface area contributed by atoms with Gasteiger partial charge in [0.05, 0.1) is 16.6 Å². The summed E-state index contributed by atoms with van der Waals surface area (Å²) in [6.07, 6.45) is 0. The Morgan fingerprint density at radius 1 is 0.872 bits per heavy atom. The van der Waals surface area contributed by atoms with Crippen LogP contribution in [-0.4, -0.2) is 20.1 Å². The Balaban J connectivity index is 1.31. The van der Waals surface area contributed by atoms with Crippen LogP contribution in [0.2, 0.25) is 0 Å². The van der Waals surface area contributed by atoms with E-state index in [0.717, 1.165) is 27.4 Å². The van der Waals surface area contributed by atoms with Gasteiger partial charge in [-0.2, -0.15) is 8.42 Å². The van der Waals surface area contributed by atoms with E-state index >= 15 is 0 Å². The van der Waals surface area contributed by atoms with Gasteiger partial charge < -0.3 is 14.8 Å². The summed E-state index contributed by atoms with van der Waals surface area (Å²) in [6, 6.07) is 28.0. The number of fused-ring (bicyclic) bond motifs is 3. The van der Waals surface area contributed by atoms with Gasteiger partial charge >= 0.3 is 10.1 Å². The predicted octanol–water partition coefficient (Wildman–Crippen LogP) is 6.28. The highest BCUT2D eigenvalue weighted by molar-refractivity contribution is 8.00. The fourth-order valence-electron chi connectivity index (χ4n) is 4.70. The largest absolute Gasteiger partial charge is 0.379 e. The minimum absolute atomic E-state index is 0.0241. The molecule has 194 valence electrons. The summed E-state index contributed by atoms with van der Waals surface area (Å²) in [6.45, 7) is 1.37. The molecule has 6 rings (SSSR count). The van der Waals surface area contributed by atoms with Crippen LogP contribution in [0.15, 0.2) is 112 Å². The van der Waals surface area contributed by atoms with Crippen LogP contribution in [0, 0.1) is 0 Å². The van der Waals surface area contributed by atoms with Crippen molar-refractivity contribution in [3.8, 4) is 5.75 Å². The summed E-state index contributed by atoms with van der Waals surface area (Å²) >= 11 is 1.57. The molecule has 1 heterocycles. The average Bonchev–Trinajstić information content (AvgIpc) is 3.08. The van der Waals surface area contributed by atoms with Crippen molar-refractivity contribution in [2.75, 3.05) is 10.6 Å². The van der Waals surface area contributed by atoms with E-state index in [2.05, 4.69) is 10.6 Å². The van der Waals surface area contributed by atoms with Gasteiger partial charge in [-0.05, 0) is 54.1 Å². The number of ketones is 1. The fraction of sp³-hybridized carbons (Fsp3) is 0.0667. The lowest BCUT2D eigenvalue weighted by molar-refractivity contribution is -0.114. The third kappa shape index (κ3) is 4.71. The Labute approximate surface area is 230 Å². The Hall–Kier alpha value is -4.34. The molecule has 0 fully saturated rings. The third-order valence-electron chi connectivity index (χ3n) is 6.46. The first kappa shape index (κ1) is 25.0. The highest BCUT2D eigenvalue weighted by atomic mass is 32.2. The van der Waals surface area contributed by atoms with E-state index < -0.39 is 10.1 Å². The molecule has 0 spiro atoms. The van der Waals surface area contributed by atoms with Gasteiger partial charge in [-0.3, -0.25) is 9.59 Å². The topological polar surface area (TPSA) is 102 Å². The quantitative estimate of drug-likeness (QED) is 0.280. The first-order valence-corrected chi connectivity index (χ1v) is 14.4. The van der Waals surface area contributed by atoms with Crippen molar-refractivity contribution in [3.05, 3.63) is 119 Å². The number of benzene rings is 4. The van der Waals surface area contributed by atoms with Gasteiger partial charge in [-0.1, -0.05) is 48.5 Å². The highest BCUT2D eigenvalue weighted by Crippen LogP contribution is 2.52. The number of anilines is 2. The Morgan fingerprint density at radius 2 is 1.54 bits per heavy atom. The average molecular weight is 555 g/mol. The fourth-order valence-corrected chi connectivity index (χ4v) is 6.92. The number of carbonyl (C=O) groups excluding carboxylic acids is 2. The molecule has 0 saturated heterocycles. The zero-order valence-electron chi connectivity index (χ0n) is 20.7. The number of amides is 1. The van der Waals surface area contributed by atoms with Crippen LogP contribution in [0.3, 0.4) is 0 Å². The number of thioether (sulfide) groups is 1. The lowest BCUT2D eigenvalue weighted by Gasteiger charge is -2.18. The Morgan fingerprint density at radius 3 is 2.26 bits per heavy atom. The normalized spacial score (nSPS) is 15.9. The van der Waals surface area contributed by atoms with Crippen LogP contribution in [0.4, 0.5) is 11.4 Å². The molecule has 1 aliphatic heterocycles. The van der Waals surface area contributed by atoms with E-state index in [1.54, 1.807) is 36.0 Å². The molecular weight excluding hydrogens is 532 g/mol. The first-order chi connectivity index (χ1) is 18.8. The third-order valence-corrected chi connectivity index (χ3v) is 9.08. The number of carbonyl (C=O) groups is 2. The minimum atomic E-state index is -4.09. The lowest BCUT2D eigenvalue weighted by Crippen LogP contribution is -2.11. The maximum absolute atomic E-state index is 13.6. The summed E-state index contributed by atoms with van der Waals surface area (Å²) in [5, 5.41) is 5.77. The molecule has 4 aromatic carbocycles. The standard InChI is InChI=1S/C30H22N2O5S2/c1-18(33)31-20-12-16-22(17-13-20)39(35,36)37-21-14-10-19(11-15-21)30-27-28(23-6-2-3-7-24(23)29(27)34)32-25-8-4-5-9-26(25)38-30/h2-17,30,32H,1H3,(H,31,33)/t30-/m0/s1. The number of hydrogen-bond acceptors (Lipinski definition) is 7. The molecule has 1 atom stereocenters. The second-order valence-electron chi connectivity index (χ2n) is 9.09. The first-order valence-electron chi connectivity index (χ1n) is 12.1. The van der Waals surface area contributed by atoms with Gasteiger partial charge in [-0.25, -0.2) is 0 Å². The van der Waals surface area contributed by atoms with Gasteiger partial charge in [-0.15, -0.1) is 11.8 Å². The van der Waals surface area contributed by atoms with Crippen LogP contribution in [0.1, 0.15) is 33.7 Å². The monoisotopic (exact) mass is 554 g/mol. The molecule has 2 N–H and O–H groups in total. The van der Waals surface area contributed by atoms with Crippen LogP contribution in [0.25, 0.3) is 5.70 Å². The zero-order valence-corrected chi connectivity index (χ0v) is 22.3. The van der Waals surface area contributed by atoms with Crippen molar-refractivity contribution in [1.82, 2.24) is 0 Å².